The molecule has 0 bridgehead atoms. The maximum atomic E-state index is 12.1. The molecule has 0 amide bonds. The predicted molar refractivity (Wildman–Crippen MR) is 118 cm³/mol. The fraction of sp³-hybridized carbons (Fsp3) is 0.423. The van der Waals surface area contributed by atoms with Crippen LogP contribution in [-0.2, 0) is 9.53 Å². The summed E-state index contributed by atoms with van der Waals surface area (Å²) in [5, 5.41) is 0. The van der Waals surface area contributed by atoms with E-state index in [1.165, 1.54) is 35.1 Å². The summed E-state index contributed by atoms with van der Waals surface area (Å²) in [4.78, 5) is 14.5. The van der Waals surface area contributed by atoms with Crippen molar-refractivity contribution in [3.8, 4) is 0 Å². The molecule has 0 spiro atoms. The SMILES string of the molecule is O=C(CCN1CCC(=C(c2ccccc2)c2ccccc2)CC1)OC1CCCC1. The number of carbonyl (C=O) groups is 1. The predicted octanol–water partition coefficient (Wildman–Crippen LogP) is 5.46. The molecule has 1 saturated heterocycles. The van der Waals surface area contributed by atoms with Gasteiger partial charge in [0.1, 0.15) is 6.10 Å². The van der Waals surface area contributed by atoms with Crippen LogP contribution in [0.5, 0.6) is 0 Å². The van der Waals surface area contributed by atoms with Crippen LogP contribution in [0.15, 0.2) is 66.2 Å². The number of nitrogens with zero attached hydrogens (tertiary/aromatic N) is 1. The average molecular weight is 390 g/mol. The largest absolute Gasteiger partial charge is 0.462 e. The smallest absolute Gasteiger partial charge is 0.307 e. The lowest BCUT2D eigenvalue weighted by atomic mass is 9.88. The summed E-state index contributed by atoms with van der Waals surface area (Å²) in [6, 6.07) is 21.4. The summed E-state index contributed by atoms with van der Waals surface area (Å²) in [6.45, 7) is 2.83. The maximum Gasteiger partial charge on any atom is 0.307 e. The number of ether oxygens (including phenoxy) is 1. The highest BCUT2D eigenvalue weighted by molar-refractivity contribution is 5.82. The third kappa shape index (κ3) is 5.36. The fourth-order valence-corrected chi connectivity index (χ4v) is 4.58. The van der Waals surface area contributed by atoms with Crippen LogP contribution in [0.2, 0.25) is 0 Å². The quantitative estimate of drug-likeness (QED) is 0.615. The molecule has 29 heavy (non-hydrogen) atoms. The highest BCUT2D eigenvalue weighted by Gasteiger charge is 2.22. The Labute approximate surface area is 174 Å². The molecule has 1 aliphatic heterocycles. The molecular formula is C26H31NO2. The van der Waals surface area contributed by atoms with E-state index in [0.717, 1.165) is 45.3 Å². The lowest BCUT2D eigenvalue weighted by Crippen LogP contribution is -2.33. The van der Waals surface area contributed by atoms with Gasteiger partial charge in [0.05, 0.1) is 6.42 Å². The van der Waals surface area contributed by atoms with E-state index in [0.29, 0.717) is 6.42 Å². The average Bonchev–Trinajstić information content (AvgIpc) is 3.28. The first-order chi connectivity index (χ1) is 14.3. The summed E-state index contributed by atoms with van der Waals surface area (Å²) < 4.78 is 5.60. The van der Waals surface area contributed by atoms with E-state index in [9.17, 15) is 4.79 Å². The molecule has 1 saturated carbocycles. The molecule has 152 valence electrons. The Morgan fingerprint density at radius 1 is 0.862 bits per heavy atom. The lowest BCUT2D eigenvalue weighted by Gasteiger charge is -2.30. The maximum absolute atomic E-state index is 12.1. The molecule has 2 aromatic rings. The number of hydrogen-bond donors (Lipinski definition) is 0. The molecule has 3 nitrogen and oxygen atoms in total. The topological polar surface area (TPSA) is 29.5 Å². The van der Waals surface area contributed by atoms with E-state index in [-0.39, 0.29) is 12.1 Å². The van der Waals surface area contributed by atoms with E-state index >= 15 is 0 Å². The molecule has 1 heterocycles. The van der Waals surface area contributed by atoms with Crippen LogP contribution in [-0.4, -0.2) is 36.6 Å². The zero-order valence-corrected chi connectivity index (χ0v) is 17.2. The number of benzene rings is 2. The van der Waals surface area contributed by atoms with Crippen molar-refractivity contribution in [1.82, 2.24) is 4.90 Å². The monoisotopic (exact) mass is 389 g/mol. The second-order valence-electron chi connectivity index (χ2n) is 8.20. The standard InChI is InChI=1S/C26H31NO2/c28-25(29-24-13-7-8-14-24)17-20-27-18-15-23(16-19-27)26(21-9-3-1-4-10-21)22-11-5-2-6-12-22/h1-6,9-12,24H,7-8,13-20H2. The normalized spacial score (nSPS) is 18.0. The van der Waals surface area contributed by atoms with Crippen molar-refractivity contribution in [3.05, 3.63) is 77.4 Å². The Balaban J connectivity index is 1.38. The first-order valence-corrected chi connectivity index (χ1v) is 11.0. The number of carbonyl (C=O) groups excluding carboxylic acids is 1. The minimum Gasteiger partial charge on any atom is -0.462 e. The molecule has 0 unspecified atom stereocenters. The van der Waals surface area contributed by atoms with Crippen molar-refractivity contribution in [1.29, 1.82) is 0 Å². The van der Waals surface area contributed by atoms with Crippen LogP contribution in [0, 0.1) is 0 Å². The van der Waals surface area contributed by atoms with Gasteiger partial charge < -0.3 is 9.64 Å². The van der Waals surface area contributed by atoms with Crippen molar-refractivity contribution >= 4 is 11.5 Å². The molecule has 1 aliphatic carbocycles. The Morgan fingerprint density at radius 3 is 1.97 bits per heavy atom. The zero-order valence-electron chi connectivity index (χ0n) is 17.2. The molecule has 2 aliphatic rings. The van der Waals surface area contributed by atoms with E-state index in [1.807, 2.05) is 0 Å². The molecule has 3 heteroatoms. The van der Waals surface area contributed by atoms with Gasteiger partial charge in [-0.05, 0) is 55.2 Å². The van der Waals surface area contributed by atoms with Crippen molar-refractivity contribution in [2.45, 2.75) is 51.0 Å². The third-order valence-electron chi connectivity index (χ3n) is 6.17. The first-order valence-electron chi connectivity index (χ1n) is 11.0. The number of hydrogen-bond acceptors (Lipinski definition) is 3. The van der Waals surface area contributed by atoms with Gasteiger partial charge in [-0.2, -0.15) is 0 Å². The van der Waals surface area contributed by atoms with Crippen molar-refractivity contribution in [2.75, 3.05) is 19.6 Å². The minimum atomic E-state index is -0.0208. The molecular weight excluding hydrogens is 358 g/mol. The molecule has 4 rings (SSSR count). The third-order valence-corrected chi connectivity index (χ3v) is 6.17. The van der Waals surface area contributed by atoms with Gasteiger partial charge in [-0.15, -0.1) is 0 Å². The van der Waals surface area contributed by atoms with Gasteiger partial charge in [0.15, 0.2) is 0 Å². The van der Waals surface area contributed by atoms with Crippen molar-refractivity contribution in [3.63, 3.8) is 0 Å². The summed E-state index contributed by atoms with van der Waals surface area (Å²) in [7, 11) is 0. The molecule has 0 atom stereocenters. The number of esters is 1. The second kappa shape index (κ2) is 9.89. The van der Waals surface area contributed by atoms with Gasteiger partial charge in [-0.25, -0.2) is 0 Å². The number of rotatable bonds is 6. The van der Waals surface area contributed by atoms with Crippen LogP contribution in [0.25, 0.3) is 5.57 Å². The minimum absolute atomic E-state index is 0.0208. The van der Waals surface area contributed by atoms with Crippen LogP contribution in [0.4, 0.5) is 0 Å². The van der Waals surface area contributed by atoms with Gasteiger partial charge >= 0.3 is 5.97 Å². The second-order valence-corrected chi connectivity index (χ2v) is 8.20. The van der Waals surface area contributed by atoms with E-state index in [1.54, 1.807) is 0 Å². The fourth-order valence-electron chi connectivity index (χ4n) is 4.58. The van der Waals surface area contributed by atoms with Crippen molar-refractivity contribution in [2.24, 2.45) is 0 Å². The van der Waals surface area contributed by atoms with E-state index < -0.39 is 0 Å². The van der Waals surface area contributed by atoms with E-state index in [2.05, 4.69) is 65.6 Å². The molecule has 0 radical (unpaired) electrons. The number of likely N-dealkylation sites (tertiary alicyclic amines) is 1. The lowest BCUT2D eigenvalue weighted by molar-refractivity contribution is -0.149. The zero-order chi connectivity index (χ0) is 19.9. The highest BCUT2D eigenvalue weighted by atomic mass is 16.5. The molecule has 2 aromatic carbocycles. The Bertz CT molecular complexity index is 771. The van der Waals surface area contributed by atoms with Gasteiger partial charge in [0, 0.05) is 19.6 Å². The molecule has 2 fully saturated rings. The molecule has 0 N–H and O–H groups in total. The van der Waals surface area contributed by atoms with Crippen LogP contribution < -0.4 is 0 Å². The van der Waals surface area contributed by atoms with Crippen LogP contribution >= 0.6 is 0 Å². The summed E-state index contributed by atoms with van der Waals surface area (Å²) in [6.07, 6.45) is 7.29. The Hall–Kier alpha value is -2.39. The van der Waals surface area contributed by atoms with Crippen LogP contribution in [0.1, 0.15) is 56.1 Å². The Kier molecular flexibility index (Phi) is 6.79. The van der Waals surface area contributed by atoms with Crippen LogP contribution in [0.3, 0.4) is 0 Å². The first kappa shape index (κ1) is 19.9. The summed E-state index contributed by atoms with van der Waals surface area (Å²) >= 11 is 0. The van der Waals surface area contributed by atoms with Gasteiger partial charge in [-0.1, -0.05) is 66.2 Å². The summed E-state index contributed by atoms with van der Waals surface area (Å²) in [5.41, 5.74) is 5.49. The van der Waals surface area contributed by atoms with E-state index in [4.69, 9.17) is 4.74 Å². The number of piperidine rings is 1. The summed E-state index contributed by atoms with van der Waals surface area (Å²) in [5.74, 6) is -0.0208. The molecule has 0 aromatic heterocycles. The highest BCUT2D eigenvalue weighted by Crippen LogP contribution is 2.32. The van der Waals surface area contributed by atoms with Gasteiger partial charge in [-0.3, -0.25) is 4.79 Å². The van der Waals surface area contributed by atoms with Gasteiger partial charge in [0.2, 0.25) is 0 Å². The Morgan fingerprint density at radius 2 is 1.41 bits per heavy atom. The van der Waals surface area contributed by atoms with Crippen molar-refractivity contribution < 1.29 is 9.53 Å². The van der Waals surface area contributed by atoms with Gasteiger partial charge in [0.25, 0.3) is 0 Å².